The molecule has 1 aliphatic carbocycles. The van der Waals surface area contributed by atoms with Gasteiger partial charge in [-0.25, -0.2) is 0 Å². The van der Waals surface area contributed by atoms with E-state index in [1.807, 2.05) is 0 Å². The lowest BCUT2D eigenvalue weighted by molar-refractivity contribution is 1.12. The summed E-state index contributed by atoms with van der Waals surface area (Å²) in [6.07, 6.45) is 5.69. The quantitative estimate of drug-likeness (QED) is 0.618. The highest BCUT2D eigenvalue weighted by Gasteiger charge is 2.23. The van der Waals surface area contributed by atoms with Gasteiger partial charge in [0, 0.05) is 0 Å². The number of hydrogen-bond donors (Lipinski definition) is 0. The van der Waals surface area contributed by atoms with Crippen molar-refractivity contribution in [1.29, 1.82) is 0 Å². The van der Waals surface area contributed by atoms with Crippen LogP contribution in [0.2, 0.25) is 0 Å². The zero-order valence-corrected chi connectivity index (χ0v) is 7.43. The molecule has 1 fully saturated rings. The summed E-state index contributed by atoms with van der Waals surface area (Å²) in [7, 11) is 0. The summed E-state index contributed by atoms with van der Waals surface area (Å²) in [5.41, 5.74) is 3.90. The normalized spacial score (nSPS) is 16.1. The van der Waals surface area contributed by atoms with Crippen LogP contribution >= 0.6 is 0 Å². The third kappa shape index (κ3) is 1.29. The first-order valence-electron chi connectivity index (χ1n) is 4.45. The molecule has 0 N–H and O–H groups in total. The van der Waals surface area contributed by atoms with Crippen LogP contribution < -0.4 is 0 Å². The fraction of sp³-hybridized carbons (Fsp3) is 0.333. The highest BCUT2D eigenvalue weighted by atomic mass is 14.3. The lowest BCUT2D eigenvalue weighted by atomic mass is 10.0. The van der Waals surface area contributed by atoms with Crippen LogP contribution in [0.25, 0.3) is 0 Å². The van der Waals surface area contributed by atoms with E-state index in [-0.39, 0.29) is 0 Å². The van der Waals surface area contributed by atoms with Gasteiger partial charge in [-0.05, 0) is 48.4 Å². The van der Waals surface area contributed by atoms with Crippen LogP contribution in [-0.4, -0.2) is 0 Å². The molecule has 1 aliphatic rings. The maximum Gasteiger partial charge on any atom is -0.0152 e. The van der Waals surface area contributed by atoms with Crippen LogP contribution in [0, 0.1) is 13.0 Å². The summed E-state index contributed by atoms with van der Waals surface area (Å²) in [6, 6.07) is 6.62. The summed E-state index contributed by atoms with van der Waals surface area (Å²) >= 11 is 0. The minimum absolute atomic E-state index is 0.831. The van der Waals surface area contributed by atoms with E-state index in [1.165, 1.54) is 29.5 Å². The van der Waals surface area contributed by atoms with Gasteiger partial charge < -0.3 is 0 Å². The molecule has 0 aliphatic heterocycles. The Balaban J connectivity index is 2.39. The van der Waals surface area contributed by atoms with Gasteiger partial charge in [-0.3, -0.25) is 0 Å². The van der Waals surface area contributed by atoms with Gasteiger partial charge in [0.2, 0.25) is 0 Å². The van der Waals surface area contributed by atoms with Crippen molar-refractivity contribution in [2.75, 3.05) is 0 Å². The van der Waals surface area contributed by atoms with Crippen LogP contribution in [0.15, 0.2) is 24.8 Å². The Bertz CT molecular complexity index is 306. The van der Waals surface area contributed by atoms with Gasteiger partial charge in [0.15, 0.2) is 0 Å². The molecule has 1 saturated carbocycles. The van der Waals surface area contributed by atoms with Crippen molar-refractivity contribution in [3.05, 3.63) is 47.5 Å². The van der Waals surface area contributed by atoms with Crippen molar-refractivity contribution >= 4 is 0 Å². The van der Waals surface area contributed by atoms with E-state index in [1.54, 1.807) is 0 Å². The summed E-state index contributed by atoms with van der Waals surface area (Å²) in [5, 5.41) is 0. The first kappa shape index (κ1) is 7.60. The zero-order chi connectivity index (χ0) is 8.55. The molecule has 0 heterocycles. The molecular weight excluding hydrogens is 144 g/mol. The van der Waals surface area contributed by atoms with Gasteiger partial charge in [-0.2, -0.15) is 0 Å². The predicted octanol–water partition coefficient (Wildman–Crippen LogP) is 3.21. The Morgan fingerprint density at radius 1 is 1.42 bits per heavy atom. The third-order valence-electron chi connectivity index (χ3n) is 2.50. The zero-order valence-electron chi connectivity index (χ0n) is 7.43. The lowest BCUT2D eigenvalue weighted by Gasteiger charge is -2.02. The molecule has 0 heteroatoms. The first-order valence-corrected chi connectivity index (χ1v) is 4.45. The number of benzene rings is 1. The van der Waals surface area contributed by atoms with Crippen LogP contribution in [0.4, 0.5) is 0 Å². The molecule has 0 saturated heterocycles. The van der Waals surface area contributed by atoms with Crippen LogP contribution in [-0.2, 0) is 0 Å². The van der Waals surface area contributed by atoms with Gasteiger partial charge in [-0.15, -0.1) is 0 Å². The van der Waals surface area contributed by atoms with Crippen molar-refractivity contribution in [3.63, 3.8) is 0 Å². The molecule has 0 aromatic heterocycles. The largest absolute Gasteiger partial charge is 0.0905 e. The molecular formula is C12H13. The van der Waals surface area contributed by atoms with E-state index >= 15 is 0 Å². The summed E-state index contributed by atoms with van der Waals surface area (Å²) in [4.78, 5) is 0. The van der Waals surface area contributed by atoms with Gasteiger partial charge >= 0.3 is 0 Å². The maximum absolute atomic E-state index is 3.69. The molecule has 0 spiro atoms. The predicted molar refractivity (Wildman–Crippen MR) is 51.1 cm³/mol. The van der Waals surface area contributed by atoms with Crippen molar-refractivity contribution in [3.8, 4) is 0 Å². The molecule has 0 atom stereocenters. The average molecular weight is 157 g/mol. The van der Waals surface area contributed by atoms with E-state index in [0.29, 0.717) is 0 Å². The van der Waals surface area contributed by atoms with Gasteiger partial charge in [-0.1, -0.05) is 24.8 Å². The fourth-order valence-corrected chi connectivity index (χ4v) is 1.50. The molecule has 1 radical (unpaired) electrons. The lowest BCUT2D eigenvalue weighted by Crippen LogP contribution is -1.85. The minimum atomic E-state index is 0.831. The van der Waals surface area contributed by atoms with Crippen molar-refractivity contribution in [1.82, 2.24) is 0 Å². The summed E-state index contributed by atoms with van der Waals surface area (Å²) < 4.78 is 0. The van der Waals surface area contributed by atoms with Crippen molar-refractivity contribution in [2.24, 2.45) is 0 Å². The third-order valence-corrected chi connectivity index (χ3v) is 2.50. The standard InChI is InChI=1S/C12H13/c1-3-10-8-12(11-6-7-11)5-4-9(10)2/h4-5,8,11H,1,6-7H2,2H3. The Labute approximate surface area is 73.9 Å². The number of rotatable bonds is 2. The van der Waals surface area contributed by atoms with Gasteiger partial charge in [0.25, 0.3) is 0 Å². The molecule has 12 heavy (non-hydrogen) atoms. The van der Waals surface area contributed by atoms with E-state index < -0.39 is 0 Å². The second-order valence-electron chi connectivity index (χ2n) is 3.53. The highest BCUT2D eigenvalue weighted by molar-refractivity contribution is 5.37. The Hall–Kier alpha value is -1.04. The molecule has 1 aromatic carbocycles. The summed E-state index contributed by atoms with van der Waals surface area (Å²) in [6.45, 7) is 5.79. The molecule has 0 amide bonds. The van der Waals surface area contributed by atoms with E-state index in [4.69, 9.17) is 0 Å². The monoisotopic (exact) mass is 157 g/mol. The maximum atomic E-state index is 3.69. The molecule has 1 aromatic rings. The molecule has 61 valence electrons. The topological polar surface area (TPSA) is 0 Å². The second kappa shape index (κ2) is 2.78. The minimum Gasteiger partial charge on any atom is -0.0905 e. The van der Waals surface area contributed by atoms with Gasteiger partial charge in [0.1, 0.15) is 0 Å². The Morgan fingerprint density at radius 3 is 2.75 bits per heavy atom. The van der Waals surface area contributed by atoms with Crippen LogP contribution in [0.3, 0.4) is 0 Å². The molecule has 0 unspecified atom stereocenters. The molecule has 0 nitrogen and oxygen atoms in total. The van der Waals surface area contributed by atoms with E-state index in [2.05, 4.69) is 37.8 Å². The first-order chi connectivity index (χ1) is 5.81. The van der Waals surface area contributed by atoms with Crippen LogP contribution in [0.5, 0.6) is 0 Å². The Morgan fingerprint density at radius 2 is 2.17 bits per heavy atom. The fourth-order valence-electron chi connectivity index (χ4n) is 1.50. The second-order valence-corrected chi connectivity index (χ2v) is 3.53. The highest BCUT2D eigenvalue weighted by Crippen LogP contribution is 2.40. The number of aryl methyl sites for hydroxylation is 1. The van der Waals surface area contributed by atoms with E-state index in [9.17, 15) is 0 Å². The Kier molecular flexibility index (Phi) is 1.76. The SMILES string of the molecule is C=[C]c1cc(C2CC2)ccc1C. The molecule has 2 rings (SSSR count). The summed E-state index contributed by atoms with van der Waals surface area (Å²) in [5.74, 6) is 0.831. The van der Waals surface area contributed by atoms with Crippen molar-refractivity contribution in [2.45, 2.75) is 25.7 Å². The van der Waals surface area contributed by atoms with Crippen LogP contribution in [0.1, 0.15) is 35.4 Å². The molecule has 0 bridgehead atoms. The van der Waals surface area contributed by atoms with Crippen molar-refractivity contribution < 1.29 is 0 Å². The average Bonchev–Trinajstić information content (AvgIpc) is 2.88. The smallest absolute Gasteiger partial charge is 0.0152 e. The number of hydrogen-bond acceptors (Lipinski definition) is 0. The van der Waals surface area contributed by atoms with Gasteiger partial charge in [0.05, 0.1) is 0 Å². The van der Waals surface area contributed by atoms with E-state index in [0.717, 1.165) is 5.92 Å².